The highest BCUT2D eigenvalue weighted by atomic mass is 16.6. The van der Waals surface area contributed by atoms with Crippen LogP contribution in [0.5, 0.6) is 0 Å². The molecule has 1 aromatic carbocycles. The molecule has 1 aromatic rings. The van der Waals surface area contributed by atoms with Crippen molar-refractivity contribution in [1.29, 1.82) is 0 Å². The summed E-state index contributed by atoms with van der Waals surface area (Å²) >= 11 is 0. The summed E-state index contributed by atoms with van der Waals surface area (Å²) in [4.78, 5) is 17.8. The van der Waals surface area contributed by atoms with Gasteiger partial charge < -0.3 is 20.3 Å². The molecule has 140 valence electrons. The number of aliphatic imine (C=N–C) groups is 1. The number of amides is 1. The molecule has 0 spiro atoms. The summed E-state index contributed by atoms with van der Waals surface area (Å²) in [6.07, 6.45) is -0.300. The number of hydrogen-bond acceptors (Lipinski definition) is 3. The van der Waals surface area contributed by atoms with E-state index in [1.54, 1.807) is 19.0 Å². The lowest BCUT2D eigenvalue weighted by molar-refractivity contribution is 0.0278. The molecule has 1 amide bonds. The quantitative estimate of drug-likeness (QED) is 0.613. The molecule has 6 heteroatoms. The van der Waals surface area contributed by atoms with Gasteiger partial charge in [0.15, 0.2) is 5.96 Å². The van der Waals surface area contributed by atoms with Gasteiger partial charge in [0.25, 0.3) is 0 Å². The molecule has 0 aromatic heterocycles. The lowest BCUT2D eigenvalue weighted by atomic mass is 10.1. The van der Waals surface area contributed by atoms with Crippen LogP contribution >= 0.6 is 0 Å². The number of ether oxygens (including phenoxy) is 1. The normalized spacial score (nSPS) is 13.1. The number of carbonyl (C=O) groups is 1. The van der Waals surface area contributed by atoms with Crippen molar-refractivity contribution in [2.45, 2.75) is 39.8 Å². The minimum atomic E-state index is -0.476. The van der Waals surface area contributed by atoms with Crippen molar-refractivity contribution in [2.75, 3.05) is 27.2 Å². The number of hydrogen-bond donors (Lipinski definition) is 2. The van der Waals surface area contributed by atoms with Crippen molar-refractivity contribution in [3.05, 3.63) is 35.9 Å². The van der Waals surface area contributed by atoms with Crippen molar-refractivity contribution in [1.82, 2.24) is 15.5 Å². The molecule has 0 fully saturated rings. The van der Waals surface area contributed by atoms with Crippen LogP contribution < -0.4 is 10.6 Å². The Hall–Kier alpha value is -2.24. The lowest BCUT2D eigenvalue weighted by Gasteiger charge is -2.26. The minimum Gasteiger partial charge on any atom is -0.444 e. The fourth-order valence-electron chi connectivity index (χ4n) is 2.22. The highest BCUT2D eigenvalue weighted by Crippen LogP contribution is 2.10. The second-order valence-electron chi connectivity index (χ2n) is 7.26. The number of nitrogens with one attached hydrogen (secondary N) is 2. The molecule has 25 heavy (non-hydrogen) atoms. The number of benzene rings is 1. The molecule has 6 nitrogen and oxygen atoms in total. The van der Waals surface area contributed by atoms with Crippen LogP contribution in [-0.4, -0.2) is 49.7 Å². The van der Waals surface area contributed by atoms with Crippen molar-refractivity contribution in [2.24, 2.45) is 10.9 Å². The third-order valence-corrected chi connectivity index (χ3v) is 3.44. The highest BCUT2D eigenvalue weighted by molar-refractivity contribution is 5.79. The minimum absolute atomic E-state index is 0.257. The van der Waals surface area contributed by atoms with Crippen LogP contribution in [0, 0.1) is 5.92 Å². The SMILES string of the molecule is CN=C(NCc1ccccc1)NCC(C)CN(C)C(=O)OC(C)(C)C. The van der Waals surface area contributed by atoms with Crippen molar-refractivity contribution < 1.29 is 9.53 Å². The maximum absolute atomic E-state index is 12.0. The van der Waals surface area contributed by atoms with Crippen LogP contribution in [0.3, 0.4) is 0 Å². The summed E-state index contributed by atoms with van der Waals surface area (Å²) in [6, 6.07) is 10.2. The van der Waals surface area contributed by atoms with Gasteiger partial charge in [-0.3, -0.25) is 4.99 Å². The van der Waals surface area contributed by atoms with Gasteiger partial charge in [-0.1, -0.05) is 37.3 Å². The van der Waals surface area contributed by atoms with Gasteiger partial charge in [-0.15, -0.1) is 0 Å². The number of rotatable bonds is 6. The molecule has 0 saturated heterocycles. The Morgan fingerprint density at radius 1 is 1.24 bits per heavy atom. The molecule has 0 aliphatic rings. The van der Waals surface area contributed by atoms with E-state index in [4.69, 9.17) is 4.74 Å². The van der Waals surface area contributed by atoms with Crippen LogP contribution in [-0.2, 0) is 11.3 Å². The fraction of sp³-hybridized carbons (Fsp3) is 0.579. The average Bonchev–Trinajstić information content (AvgIpc) is 2.54. The standard InChI is InChI=1S/C19H32N4O2/c1-15(14-23(6)18(24)25-19(2,3)4)12-21-17(20-5)22-13-16-10-8-7-9-11-16/h7-11,15H,12-14H2,1-6H3,(H2,20,21,22). The van der Waals surface area contributed by atoms with E-state index >= 15 is 0 Å². The van der Waals surface area contributed by atoms with Crippen molar-refractivity contribution >= 4 is 12.1 Å². The molecule has 1 rings (SSSR count). The van der Waals surface area contributed by atoms with E-state index in [9.17, 15) is 4.79 Å². The summed E-state index contributed by atoms with van der Waals surface area (Å²) in [5.41, 5.74) is 0.721. The average molecular weight is 348 g/mol. The van der Waals surface area contributed by atoms with Crippen LogP contribution in [0.15, 0.2) is 35.3 Å². The molecule has 0 aliphatic heterocycles. The van der Waals surface area contributed by atoms with Gasteiger partial charge in [0.05, 0.1) is 0 Å². The van der Waals surface area contributed by atoms with Gasteiger partial charge in [-0.25, -0.2) is 4.79 Å². The summed E-state index contributed by atoms with van der Waals surface area (Å²) in [5, 5.41) is 6.57. The summed E-state index contributed by atoms with van der Waals surface area (Å²) < 4.78 is 5.37. The van der Waals surface area contributed by atoms with E-state index < -0.39 is 5.60 Å². The third kappa shape index (κ3) is 8.98. The Kier molecular flexibility index (Phi) is 8.25. The maximum atomic E-state index is 12.0. The Morgan fingerprint density at radius 3 is 2.44 bits per heavy atom. The van der Waals surface area contributed by atoms with Gasteiger partial charge >= 0.3 is 6.09 Å². The van der Waals surface area contributed by atoms with E-state index in [1.807, 2.05) is 39.0 Å². The van der Waals surface area contributed by atoms with Gasteiger partial charge in [0, 0.05) is 33.7 Å². The van der Waals surface area contributed by atoms with Gasteiger partial charge in [0.1, 0.15) is 5.60 Å². The zero-order chi connectivity index (χ0) is 18.9. The van der Waals surface area contributed by atoms with E-state index in [0.29, 0.717) is 19.6 Å². The lowest BCUT2D eigenvalue weighted by Crippen LogP contribution is -2.42. The maximum Gasteiger partial charge on any atom is 0.410 e. The first-order chi connectivity index (χ1) is 11.7. The molecule has 0 radical (unpaired) electrons. The van der Waals surface area contributed by atoms with Crippen LogP contribution in [0.4, 0.5) is 4.79 Å². The number of guanidine groups is 1. The molecule has 0 saturated carbocycles. The predicted molar refractivity (Wildman–Crippen MR) is 103 cm³/mol. The van der Waals surface area contributed by atoms with E-state index in [2.05, 4.69) is 34.7 Å². The molecule has 1 unspecified atom stereocenters. The predicted octanol–water partition coefficient (Wildman–Crippen LogP) is 2.85. The molecular weight excluding hydrogens is 316 g/mol. The van der Waals surface area contributed by atoms with Crippen LogP contribution in [0.25, 0.3) is 0 Å². The Bertz CT molecular complexity index is 552. The highest BCUT2D eigenvalue weighted by Gasteiger charge is 2.20. The zero-order valence-corrected chi connectivity index (χ0v) is 16.3. The largest absolute Gasteiger partial charge is 0.444 e. The fourth-order valence-corrected chi connectivity index (χ4v) is 2.22. The molecule has 0 heterocycles. The third-order valence-electron chi connectivity index (χ3n) is 3.44. The second-order valence-corrected chi connectivity index (χ2v) is 7.26. The number of nitrogens with zero attached hydrogens (tertiary/aromatic N) is 2. The van der Waals surface area contributed by atoms with Gasteiger partial charge in [-0.05, 0) is 32.3 Å². The summed E-state index contributed by atoms with van der Waals surface area (Å²) in [6.45, 7) is 9.72. The molecule has 0 bridgehead atoms. The smallest absolute Gasteiger partial charge is 0.410 e. The van der Waals surface area contributed by atoms with Crippen molar-refractivity contribution in [3.63, 3.8) is 0 Å². The van der Waals surface area contributed by atoms with E-state index in [1.165, 1.54) is 5.56 Å². The van der Waals surface area contributed by atoms with Gasteiger partial charge in [-0.2, -0.15) is 0 Å². The molecule has 1 atom stereocenters. The molecular formula is C19H32N4O2. The zero-order valence-electron chi connectivity index (χ0n) is 16.3. The first-order valence-electron chi connectivity index (χ1n) is 8.64. The van der Waals surface area contributed by atoms with Crippen molar-refractivity contribution in [3.8, 4) is 0 Å². The first kappa shape index (κ1) is 20.8. The van der Waals surface area contributed by atoms with Crippen LogP contribution in [0.1, 0.15) is 33.3 Å². The topological polar surface area (TPSA) is 66.0 Å². The first-order valence-corrected chi connectivity index (χ1v) is 8.64. The Balaban J connectivity index is 2.35. The van der Waals surface area contributed by atoms with E-state index in [-0.39, 0.29) is 12.0 Å². The van der Waals surface area contributed by atoms with Gasteiger partial charge in [0.2, 0.25) is 0 Å². The Morgan fingerprint density at radius 2 is 1.88 bits per heavy atom. The summed E-state index contributed by atoms with van der Waals surface area (Å²) in [5.74, 6) is 1.00. The molecule has 0 aliphatic carbocycles. The number of carbonyl (C=O) groups excluding carboxylic acids is 1. The Labute approximate surface area is 151 Å². The van der Waals surface area contributed by atoms with Crippen LogP contribution in [0.2, 0.25) is 0 Å². The second kappa shape index (κ2) is 9.91. The summed E-state index contributed by atoms with van der Waals surface area (Å²) in [7, 11) is 3.50. The van der Waals surface area contributed by atoms with E-state index in [0.717, 1.165) is 5.96 Å². The molecule has 2 N–H and O–H groups in total. The monoisotopic (exact) mass is 348 g/mol.